The SMILES string of the molecule is CC(C)n1nccc1C(=O)N[C@H](C(=O)Nc1ccc2c(c1)CC[C@H]2NC(=O)c1[nH]ncc1C(F)(F)F)C(C1CC1)C1CC1. The lowest BCUT2D eigenvalue weighted by atomic mass is 9.88. The minimum absolute atomic E-state index is 0.0168. The number of hydrogen-bond acceptors (Lipinski definition) is 5. The Hall–Kier alpha value is -4.16. The zero-order chi connectivity index (χ0) is 30.5. The lowest BCUT2D eigenvalue weighted by Gasteiger charge is -2.28. The number of aromatic amines is 1. The first-order chi connectivity index (χ1) is 20.5. The molecular formula is C30H34F3N7O3. The van der Waals surface area contributed by atoms with Crippen LogP contribution < -0.4 is 16.0 Å². The van der Waals surface area contributed by atoms with Crippen LogP contribution in [-0.4, -0.2) is 43.7 Å². The number of fused-ring (bicyclic) bond motifs is 1. The molecule has 1 aromatic carbocycles. The van der Waals surface area contributed by atoms with Crippen LogP contribution in [0.25, 0.3) is 0 Å². The predicted molar refractivity (Wildman–Crippen MR) is 150 cm³/mol. The number of nitrogens with zero attached hydrogens (tertiary/aromatic N) is 3. The number of aromatic nitrogens is 4. The molecule has 0 spiro atoms. The third-order valence-corrected chi connectivity index (χ3v) is 8.64. The monoisotopic (exact) mass is 597 g/mol. The van der Waals surface area contributed by atoms with Gasteiger partial charge in [0, 0.05) is 17.9 Å². The fraction of sp³-hybridized carbons (Fsp3) is 0.500. The summed E-state index contributed by atoms with van der Waals surface area (Å²) in [6.07, 6.45) is 2.71. The summed E-state index contributed by atoms with van der Waals surface area (Å²) in [7, 11) is 0. The Balaban J connectivity index is 1.17. The van der Waals surface area contributed by atoms with Crippen molar-refractivity contribution in [2.75, 3.05) is 5.32 Å². The van der Waals surface area contributed by atoms with Crippen molar-refractivity contribution in [1.29, 1.82) is 0 Å². The number of carbonyl (C=O) groups is 3. The van der Waals surface area contributed by atoms with E-state index in [1.807, 2.05) is 19.9 Å². The van der Waals surface area contributed by atoms with E-state index in [-0.39, 0.29) is 23.8 Å². The molecule has 3 aromatic rings. The Labute approximate surface area is 246 Å². The highest BCUT2D eigenvalue weighted by atomic mass is 19.4. The van der Waals surface area contributed by atoms with Gasteiger partial charge in [0.2, 0.25) is 5.91 Å². The van der Waals surface area contributed by atoms with Crippen LogP contribution >= 0.6 is 0 Å². The molecule has 0 radical (unpaired) electrons. The second-order valence-corrected chi connectivity index (χ2v) is 12.1. The van der Waals surface area contributed by atoms with Crippen LogP contribution in [0.1, 0.15) is 95.7 Å². The summed E-state index contributed by atoms with van der Waals surface area (Å²) in [5, 5.41) is 18.5. The smallest absolute Gasteiger partial charge is 0.344 e. The minimum Gasteiger partial charge on any atom is -0.344 e. The van der Waals surface area contributed by atoms with Crippen LogP contribution in [-0.2, 0) is 17.4 Å². The third-order valence-electron chi connectivity index (χ3n) is 8.64. The number of hydrogen-bond donors (Lipinski definition) is 4. The predicted octanol–water partition coefficient (Wildman–Crippen LogP) is 4.80. The lowest BCUT2D eigenvalue weighted by Crippen LogP contribution is -2.50. The summed E-state index contributed by atoms with van der Waals surface area (Å²) in [5.74, 6) is -0.655. The third kappa shape index (κ3) is 6.02. The highest BCUT2D eigenvalue weighted by molar-refractivity contribution is 6.01. The summed E-state index contributed by atoms with van der Waals surface area (Å²) in [4.78, 5) is 39.8. The molecule has 3 aliphatic carbocycles. The van der Waals surface area contributed by atoms with Gasteiger partial charge in [0.05, 0.1) is 12.2 Å². The molecule has 228 valence electrons. The summed E-state index contributed by atoms with van der Waals surface area (Å²) in [5.41, 5.74) is 0.871. The molecule has 2 heterocycles. The van der Waals surface area contributed by atoms with E-state index in [1.54, 1.807) is 29.1 Å². The number of anilines is 1. The Morgan fingerprint density at radius 3 is 2.40 bits per heavy atom. The van der Waals surface area contributed by atoms with Crippen LogP contribution in [0.5, 0.6) is 0 Å². The Bertz CT molecular complexity index is 1530. The van der Waals surface area contributed by atoms with Crippen molar-refractivity contribution in [3.8, 4) is 0 Å². The Morgan fingerprint density at radius 1 is 1.02 bits per heavy atom. The quantitative estimate of drug-likeness (QED) is 0.267. The second-order valence-electron chi connectivity index (χ2n) is 12.1. The van der Waals surface area contributed by atoms with E-state index >= 15 is 0 Å². The van der Waals surface area contributed by atoms with Crippen molar-refractivity contribution in [3.63, 3.8) is 0 Å². The maximum atomic E-state index is 13.8. The van der Waals surface area contributed by atoms with Crippen molar-refractivity contribution < 1.29 is 27.6 Å². The van der Waals surface area contributed by atoms with E-state index < -0.39 is 35.4 Å². The van der Waals surface area contributed by atoms with E-state index in [0.29, 0.717) is 42.3 Å². The highest BCUT2D eigenvalue weighted by Crippen LogP contribution is 2.51. The average molecular weight is 598 g/mol. The van der Waals surface area contributed by atoms with E-state index in [9.17, 15) is 27.6 Å². The normalized spacial score (nSPS) is 18.9. The number of benzene rings is 1. The van der Waals surface area contributed by atoms with E-state index in [0.717, 1.165) is 36.8 Å². The molecule has 2 aromatic heterocycles. The van der Waals surface area contributed by atoms with Gasteiger partial charge >= 0.3 is 6.18 Å². The molecule has 0 unspecified atom stereocenters. The first kappa shape index (κ1) is 28.9. The molecular weight excluding hydrogens is 563 g/mol. The molecule has 0 bridgehead atoms. The minimum atomic E-state index is -4.70. The summed E-state index contributed by atoms with van der Waals surface area (Å²) in [6, 6.07) is 5.76. The van der Waals surface area contributed by atoms with Gasteiger partial charge in [0.1, 0.15) is 23.0 Å². The molecule has 6 rings (SSSR count). The number of aryl methyl sites for hydroxylation is 1. The first-order valence-electron chi connectivity index (χ1n) is 14.7. The number of alkyl halides is 3. The van der Waals surface area contributed by atoms with Gasteiger partial charge in [0.15, 0.2) is 0 Å². The molecule has 0 saturated heterocycles. The van der Waals surface area contributed by atoms with Gasteiger partial charge < -0.3 is 16.0 Å². The summed E-state index contributed by atoms with van der Waals surface area (Å²) < 4.78 is 41.3. The summed E-state index contributed by atoms with van der Waals surface area (Å²) >= 11 is 0. The number of H-pyrrole nitrogens is 1. The number of halogens is 3. The molecule has 10 nitrogen and oxygen atoms in total. The van der Waals surface area contributed by atoms with Crippen molar-refractivity contribution >= 4 is 23.4 Å². The van der Waals surface area contributed by atoms with Crippen molar-refractivity contribution in [3.05, 3.63) is 64.7 Å². The van der Waals surface area contributed by atoms with Crippen LogP contribution in [0.4, 0.5) is 18.9 Å². The largest absolute Gasteiger partial charge is 0.420 e. The number of amides is 3. The molecule has 2 fully saturated rings. The van der Waals surface area contributed by atoms with Crippen molar-refractivity contribution in [1.82, 2.24) is 30.6 Å². The average Bonchev–Trinajstić information content (AvgIpc) is 3.81. The van der Waals surface area contributed by atoms with Crippen molar-refractivity contribution in [2.24, 2.45) is 17.8 Å². The second kappa shape index (κ2) is 11.2. The van der Waals surface area contributed by atoms with Gasteiger partial charge in [-0.05, 0) is 99.5 Å². The van der Waals surface area contributed by atoms with Gasteiger partial charge in [-0.3, -0.25) is 24.2 Å². The van der Waals surface area contributed by atoms with Crippen LogP contribution in [0.15, 0.2) is 36.7 Å². The molecule has 3 amide bonds. The number of nitrogens with one attached hydrogen (secondary N) is 4. The molecule has 43 heavy (non-hydrogen) atoms. The standard InChI is InChI=1S/C30H34F3N7O3/c1-15(2)40-23(11-12-35-40)27(41)38-26(24(16-3-4-16)17-5-6-17)29(43)36-19-8-9-20-18(13-19)7-10-22(20)37-28(42)25-21(14-34-39-25)30(31,32)33/h8-9,11-17,22,24,26H,3-7,10H2,1-2H3,(H,34,39)(H,36,43)(H,37,42)(H,38,41)/t22-,26+/m1/s1. The van der Waals surface area contributed by atoms with Gasteiger partial charge in [-0.2, -0.15) is 23.4 Å². The first-order valence-corrected chi connectivity index (χ1v) is 14.7. The molecule has 0 aliphatic heterocycles. The lowest BCUT2D eigenvalue weighted by molar-refractivity contribution is -0.138. The van der Waals surface area contributed by atoms with Crippen LogP contribution in [0.2, 0.25) is 0 Å². The van der Waals surface area contributed by atoms with Gasteiger partial charge in [0.25, 0.3) is 11.8 Å². The zero-order valence-electron chi connectivity index (χ0n) is 23.9. The van der Waals surface area contributed by atoms with Gasteiger partial charge in [-0.1, -0.05) is 6.07 Å². The maximum absolute atomic E-state index is 13.8. The van der Waals surface area contributed by atoms with Crippen LogP contribution in [0, 0.1) is 17.8 Å². The fourth-order valence-corrected chi connectivity index (χ4v) is 6.32. The zero-order valence-corrected chi connectivity index (χ0v) is 23.9. The van der Waals surface area contributed by atoms with E-state index in [4.69, 9.17) is 0 Å². The Morgan fingerprint density at radius 2 is 1.74 bits per heavy atom. The fourth-order valence-electron chi connectivity index (χ4n) is 6.32. The molecule has 3 aliphatic rings. The molecule has 2 saturated carbocycles. The molecule has 13 heteroatoms. The number of carbonyl (C=O) groups excluding carboxylic acids is 3. The molecule has 4 N–H and O–H groups in total. The Kier molecular flexibility index (Phi) is 7.51. The van der Waals surface area contributed by atoms with Crippen molar-refractivity contribution in [2.45, 2.75) is 76.7 Å². The summed E-state index contributed by atoms with van der Waals surface area (Å²) in [6.45, 7) is 3.87. The van der Waals surface area contributed by atoms with Gasteiger partial charge in [-0.25, -0.2) is 0 Å². The topological polar surface area (TPSA) is 134 Å². The number of rotatable bonds is 10. The van der Waals surface area contributed by atoms with Gasteiger partial charge in [-0.15, -0.1) is 0 Å². The van der Waals surface area contributed by atoms with Crippen LogP contribution in [0.3, 0.4) is 0 Å². The van der Waals surface area contributed by atoms with E-state index in [1.165, 1.54) is 0 Å². The highest BCUT2D eigenvalue weighted by Gasteiger charge is 2.48. The van der Waals surface area contributed by atoms with E-state index in [2.05, 4.69) is 31.2 Å². The molecule has 2 atom stereocenters. The maximum Gasteiger partial charge on any atom is 0.420 e.